The van der Waals surface area contributed by atoms with Gasteiger partial charge in [-0.25, -0.2) is 0 Å². The first kappa shape index (κ1) is 13.3. The molecular weight excluding hydrogens is 222 g/mol. The van der Waals surface area contributed by atoms with Crippen molar-refractivity contribution in [2.75, 3.05) is 18.5 Å². The second kappa shape index (κ2) is 6.67. The number of rotatable bonds is 5. The van der Waals surface area contributed by atoms with Gasteiger partial charge in [-0.15, -0.1) is 0 Å². The van der Waals surface area contributed by atoms with Crippen LogP contribution in [0.4, 0.5) is 5.69 Å². The third-order valence-corrected chi connectivity index (χ3v) is 3.81. The van der Waals surface area contributed by atoms with E-state index in [-0.39, 0.29) is 0 Å². The Hall–Kier alpha value is -1.18. The van der Waals surface area contributed by atoms with Crippen LogP contribution in [0.5, 0.6) is 5.75 Å². The van der Waals surface area contributed by atoms with Crippen LogP contribution in [0, 0.1) is 11.8 Å². The molecule has 1 N–H and O–H groups in total. The third-order valence-electron chi connectivity index (χ3n) is 3.81. The summed E-state index contributed by atoms with van der Waals surface area (Å²) in [5, 5.41) is 3.55. The minimum atomic E-state index is 0.729. The lowest BCUT2D eigenvalue weighted by Crippen LogP contribution is -2.20. The van der Waals surface area contributed by atoms with Gasteiger partial charge in [0.25, 0.3) is 0 Å². The molecule has 1 fully saturated rings. The highest BCUT2D eigenvalue weighted by molar-refractivity contribution is 5.46. The van der Waals surface area contributed by atoms with Gasteiger partial charge in [0, 0.05) is 12.2 Å². The van der Waals surface area contributed by atoms with Crippen molar-refractivity contribution in [1.29, 1.82) is 0 Å². The highest BCUT2D eigenvalue weighted by Crippen LogP contribution is 2.28. The van der Waals surface area contributed by atoms with Crippen molar-refractivity contribution in [2.45, 2.75) is 39.5 Å². The summed E-state index contributed by atoms with van der Waals surface area (Å²) < 4.78 is 5.44. The molecule has 1 aliphatic rings. The molecule has 2 atom stereocenters. The second-order valence-electron chi connectivity index (χ2n) is 5.48. The lowest BCUT2D eigenvalue weighted by atomic mass is 9.82. The summed E-state index contributed by atoms with van der Waals surface area (Å²) in [4.78, 5) is 0. The molecule has 0 radical (unpaired) electrons. The molecule has 0 bridgehead atoms. The molecule has 1 aliphatic carbocycles. The lowest BCUT2D eigenvalue weighted by molar-refractivity contribution is 0.293. The van der Waals surface area contributed by atoms with E-state index in [2.05, 4.69) is 24.4 Å². The van der Waals surface area contributed by atoms with Crippen LogP contribution in [0.25, 0.3) is 0 Å². The van der Waals surface area contributed by atoms with Crippen LogP contribution in [-0.2, 0) is 0 Å². The van der Waals surface area contributed by atoms with Gasteiger partial charge < -0.3 is 10.1 Å². The highest BCUT2D eigenvalue weighted by Gasteiger charge is 2.18. The Labute approximate surface area is 111 Å². The van der Waals surface area contributed by atoms with Gasteiger partial charge in [0.05, 0.1) is 6.61 Å². The van der Waals surface area contributed by atoms with Crippen LogP contribution in [0.15, 0.2) is 24.3 Å². The fourth-order valence-electron chi connectivity index (χ4n) is 2.84. The molecule has 18 heavy (non-hydrogen) atoms. The molecule has 2 nitrogen and oxygen atoms in total. The Morgan fingerprint density at radius 2 is 2.00 bits per heavy atom. The van der Waals surface area contributed by atoms with Crippen LogP contribution in [0.1, 0.15) is 39.5 Å². The van der Waals surface area contributed by atoms with E-state index in [1.807, 2.05) is 19.1 Å². The van der Waals surface area contributed by atoms with Gasteiger partial charge in [-0.05, 0) is 55.9 Å². The Balaban J connectivity index is 1.78. The van der Waals surface area contributed by atoms with Crippen molar-refractivity contribution >= 4 is 5.69 Å². The molecule has 100 valence electrons. The van der Waals surface area contributed by atoms with E-state index in [9.17, 15) is 0 Å². The van der Waals surface area contributed by atoms with E-state index in [1.165, 1.54) is 31.4 Å². The zero-order chi connectivity index (χ0) is 12.8. The SMILES string of the molecule is CCOc1ccc(NCC2CCCC(C)C2)cc1. The Morgan fingerprint density at radius 1 is 1.22 bits per heavy atom. The minimum absolute atomic E-state index is 0.729. The van der Waals surface area contributed by atoms with Gasteiger partial charge in [0.15, 0.2) is 0 Å². The lowest BCUT2D eigenvalue weighted by Gasteiger charge is -2.27. The molecule has 0 amide bonds. The molecular formula is C16H25NO. The first-order valence-corrected chi connectivity index (χ1v) is 7.24. The molecule has 2 unspecified atom stereocenters. The number of nitrogens with one attached hydrogen (secondary N) is 1. The van der Waals surface area contributed by atoms with Crippen molar-refractivity contribution in [3.05, 3.63) is 24.3 Å². The van der Waals surface area contributed by atoms with Crippen molar-refractivity contribution in [2.24, 2.45) is 11.8 Å². The first-order chi connectivity index (χ1) is 8.78. The summed E-state index contributed by atoms with van der Waals surface area (Å²) in [7, 11) is 0. The van der Waals surface area contributed by atoms with Gasteiger partial charge >= 0.3 is 0 Å². The van der Waals surface area contributed by atoms with Gasteiger partial charge in [-0.1, -0.05) is 19.8 Å². The summed E-state index contributed by atoms with van der Waals surface area (Å²) in [6.45, 7) is 6.23. The standard InChI is InChI=1S/C16H25NO/c1-3-18-16-9-7-15(8-10-16)17-12-14-6-4-5-13(2)11-14/h7-10,13-14,17H,3-6,11-12H2,1-2H3. The molecule has 0 aliphatic heterocycles. The number of anilines is 1. The first-order valence-electron chi connectivity index (χ1n) is 7.24. The van der Waals surface area contributed by atoms with Crippen LogP contribution < -0.4 is 10.1 Å². The summed E-state index contributed by atoms with van der Waals surface area (Å²) in [6, 6.07) is 8.29. The minimum Gasteiger partial charge on any atom is -0.494 e. The molecule has 0 aromatic heterocycles. The van der Waals surface area contributed by atoms with Crippen LogP contribution in [0.2, 0.25) is 0 Å². The molecule has 2 heteroatoms. The Kier molecular flexibility index (Phi) is 4.91. The summed E-state index contributed by atoms with van der Waals surface area (Å²) >= 11 is 0. The van der Waals surface area contributed by atoms with Crippen molar-refractivity contribution in [3.63, 3.8) is 0 Å². The monoisotopic (exact) mass is 247 g/mol. The van der Waals surface area contributed by atoms with E-state index in [4.69, 9.17) is 4.74 Å². The van der Waals surface area contributed by atoms with Crippen molar-refractivity contribution in [3.8, 4) is 5.75 Å². The maximum Gasteiger partial charge on any atom is 0.119 e. The average molecular weight is 247 g/mol. The molecule has 1 aromatic carbocycles. The third kappa shape index (κ3) is 3.94. The Morgan fingerprint density at radius 3 is 2.67 bits per heavy atom. The van der Waals surface area contributed by atoms with Crippen LogP contribution >= 0.6 is 0 Å². The van der Waals surface area contributed by atoms with E-state index in [0.717, 1.165) is 30.7 Å². The maximum absolute atomic E-state index is 5.44. The maximum atomic E-state index is 5.44. The smallest absolute Gasteiger partial charge is 0.119 e. The molecule has 1 saturated carbocycles. The highest BCUT2D eigenvalue weighted by atomic mass is 16.5. The fourth-order valence-corrected chi connectivity index (χ4v) is 2.84. The normalized spacial score (nSPS) is 23.7. The average Bonchev–Trinajstić information content (AvgIpc) is 2.38. The predicted molar refractivity (Wildman–Crippen MR) is 77.2 cm³/mol. The number of hydrogen-bond donors (Lipinski definition) is 1. The predicted octanol–water partition coefficient (Wildman–Crippen LogP) is 4.32. The Bertz CT molecular complexity index is 347. The van der Waals surface area contributed by atoms with E-state index < -0.39 is 0 Å². The van der Waals surface area contributed by atoms with Gasteiger partial charge in [0.2, 0.25) is 0 Å². The van der Waals surface area contributed by atoms with Gasteiger partial charge in [-0.3, -0.25) is 0 Å². The largest absolute Gasteiger partial charge is 0.494 e. The molecule has 0 heterocycles. The zero-order valence-corrected chi connectivity index (χ0v) is 11.6. The van der Waals surface area contributed by atoms with Crippen molar-refractivity contribution < 1.29 is 4.74 Å². The van der Waals surface area contributed by atoms with Crippen LogP contribution in [0.3, 0.4) is 0 Å². The second-order valence-corrected chi connectivity index (χ2v) is 5.48. The number of hydrogen-bond acceptors (Lipinski definition) is 2. The molecule has 1 aromatic rings. The molecule has 2 rings (SSSR count). The zero-order valence-electron chi connectivity index (χ0n) is 11.6. The van der Waals surface area contributed by atoms with E-state index in [1.54, 1.807) is 0 Å². The van der Waals surface area contributed by atoms with E-state index >= 15 is 0 Å². The summed E-state index contributed by atoms with van der Waals surface area (Å²) in [6.07, 6.45) is 5.58. The van der Waals surface area contributed by atoms with Gasteiger partial charge in [0.1, 0.15) is 5.75 Å². The molecule has 0 saturated heterocycles. The fraction of sp³-hybridized carbons (Fsp3) is 0.625. The number of benzene rings is 1. The summed E-state index contributed by atoms with van der Waals surface area (Å²) in [5.41, 5.74) is 1.21. The van der Waals surface area contributed by atoms with Crippen molar-refractivity contribution in [1.82, 2.24) is 0 Å². The van der Waals surface area contributed by atoms with Gasteiger partial charge in [-0.2, -0.15) is 0 Å². The molecule has 0 spiro atoms. The summed E-state index contributed by atoms with van der Waals surface area (Å²) in [5.74, 6) is 2.71. The topological polar surface area (TPSA) is 21.3 Å². The van der Waals surface area contributed by atoms with Crippen LogP contribution in [-0.4, -0.2) is 13.2 Å². The quantitative estimate of drug-likeness (QED) is 0.836. The number of ether oxygens (including phenoxy) is 1. The van der Waals surface area contributed by atoms with E-state index in [0.29, 0.717) is 0 Å².